The second kappa shape index (κ2) is 6.26. The molecule has 2 amide bonds. The standard InChI is InChI=1S/C16H19ClN2O3/c17-12-3-1-2-11(8-12)16(4-6-22-7-5-16)15(21)19-13-9-14(20)18-10-13/h1-3,8,13H,4-7,9-10H2,(H,18,20)(H,19,21). The van der Waals surface area contributed by atoms with Crippen LogP contribution in [0.25, 0.3) is 0 Å². The molecule has 1 atom stereocenters. The van der Waals surface area contributed by atoms with Crippen molar-refractivity contribution in [2.75, 3.05) is 19.8 Å². The van der Waals surface area contributed by atoms with E-state index in [1.165, 1.54) is 0 Å². The summed E-state index contributed by atoms with van der Waals surface area (Å²) in [6.45, 7) is 1.58. The fourth-order valence-electron chi connectivity index (χ4n) is 3.18. The Hall–Kier alpha value is -1.59. The number of amides is 2. The first-order valence-electron chi connectivity index (χ1n) is 7.52. The molecule has 0 saturated carbocycles. The lowest BCUT2D eigenvalue weighted by atomic mass is 9.73. The fraction of sp³-hybridized carbons (Fsp3) is 0.500. The Morgan fingerprint density at radius 1 is 1.36 bits per heavy atom. The Morgan fingerprint density at radius 2 is 2.14 bits per heavy atom. The number of carbonyl (C=O) groups excluding carboxylic acids is 2. The summed E-state index contributed by atoms with van der Waals surface area (Å²) in [7, 11) is 0. The Morgan fingerprint density at radius 3 is 2.77 bits per heavy atom. The lowest BCUT2D eigenvalue weighted by Gasteiger charge is -2.37. The van der Waals surface area contributed by atoms with Crippen molar-refractivity contribution < 1.29 is 14.3 Å². The maximum absolute atomic E-state index is 12.9. The van der Waals surface area contributed by atoms with Crippen molar-refractivity contribution in [3.05, 3.63) is 34.9 Å². The average molecular weight is 323 g/mol. The van der Waals surface area contributed by atoms with Crippen LogP contribution in [0.4, 0.5) is 0 Å². The predicted molar refractivity (Wildman–Crippen MR) is 82.7 cm³/mol. The monoisotopic (exact) mass is 322 g/mol. The molecule has 0 spiro atoms. The summed E-state index contributed by atoms with van der Waals surface area (Å²) in [5, 5.41) is 6.38. The number of ether oxygens (including phenoxy) is 1. The van der Waals surface area contributed by atoms with E-state index in [0.717, 1.165) is 5.56 Å². The van der Waals surface area contributed by atoms with Crippen molar-refractivity contribution in [2.45, 2.75) is 30.7 Å². The molecule has 1 aromatic carbocycles. The maximum Gasteiger partial charge on any atom is 0.231 e. The molecule has 3 rings (SSSR count). The van der Waals surface area contributed by atoms with Crippen molar-refractivity contribution in [3.63, 3.8) is 0 Å². The van der Waals surface area contributed by atoms with Crippen molar-refractivity contribution in [3.8, 4) is 0 Å². The van der Waals surface area contributed by atoms with Crippen LogP contribution >= 0.6 is 11.6 Å². The molecule has 2 aliphatic rings. The van der Waals surface area contributed by atoms with Gasteiger partial charge in [-0.2, -0.15) is 0 Å². The first kappa shape index (κ1) is 15.3. The Kier molecular flexibility index (Phi) is 4.36. The molecule has 0 aromatic heterocycles. The van der Waals surface area contributed by atoms with Crippen molar-refractivity contribution in [2.24, 2.45) is 0 Å². The van der Waals surface area contributed by atoms with E-state index in [-0.39, 0.29) is 17.9 Å². The number of benzene rings is 1. The highest BCUT2D eigenvalue weighted by molar-refractivity contribution is 6.30. The first-order valence-corrected chi connectivity index (χ1v) is 7.89. The zero-order valence-corrected chi connectivity index (χ0v) is 13.0. The summed E-state index contributed by atoms with van der Waals surface area (Å²) in [6, 6.07) is 7.32. The Balaban J connectivity index is 1.85. The van der Waals surface area contributed by atoms with Gasteiger partial charge in [-0.25, -0.2) is 0 Å². The third kappa shape index (κ3) is 2.96. The molecule has 1 unspecified atom stereocenters. The van der Waals surface area contributed by atoms with Gasteiger partial charge in [0.1, 0.15) is 0 Å². The number of halogens is 1. The fourth-order valence-corrected chi connectivity index (χ4v) is 3.37. The van der Waals surface area contributed by atoms with Crippen LogP contribution in [-0.2, 0) is 19.7 Å². The van der Waals surface area contributed by atoms with Crippen LogP contribution in [0.5, 0.6) is 0 Å². The molecule has 2 heterocycles. The smallest absolute Gasteiger partial charge is 0.231 e. The predicted octanol–water partition coefficient (Wildman–Crippen LogP) is 1.39. The van der Waals surface area contributed by atoms with Gasteiger partial charge in [0.2, 0.25) is 11.8 Å². The molecule has 0 aliphatic carbocycles. The van der Waals surface area contributed by atoms with Gasteiger partial charge in [0.15, 0.2) is 0 Å². The van der Waals surface area contributed by atoms with Crippen LogP contribution < -0.4 is 10.6 Å². The van der Waals surface area contributed by atoms with Gasteiger partial charge in [0, 0.05) is 31.2 Å². The molecule has 2 saturated heterocycles. The minimum Gasteiger partial charge on any atom is -0.381 e. The molecule has 2 N–H and O–H groups in total. The van der Waals surface area contributed by atoms with E-state index in [1.54, 1.807) is 6.07 Å². The molecule has 6 heteroatoms. The maximum atomic E-state index is 12.9. The van der Waals surface area contributed by atoms with E-state index in [4.69, 9.17) is 16.3 Å². The summed E-state index contributed by atoms with van der Waals surface area (Å²) in [6.07, 6.45) is 1.58. The lowest BCUT2D eigenvalue weighted by Crippen LogP contribution is -2.51. The van der Waals surface area contributed by atoms with Crippen LogP contribution in [0.2, 0.25) is 5.02 Å². The number of rotatable bonds is 3. The molecular weight excluding hydrogens is 304 g/mol. The number of hydrogen-bond acceptors (Lipinski definition) is 3. The van der Waals surface area contributed by atoms with E-state index in [9.17, 15) is 9.59 Å². The summed E-state index contributed by atoms with van der Waals surface area (Å²) >= 11 is 6.10. The largest absolute Gasteiger partial charge is 0.381 e. The van der Waals surface area contributed by atoms with Crippen LogP contribution in [-0.4, -0.2) is 37.6 Å². The first-order chi connectivity index (χ1) is 10.6. The summed E-state index contributed by atoms with van der Waals surface area (Å²) < 4.78 is 5.43. The SMILES string of the molecule is O=C1CC(NC(=O)C2(c3cccc(Cl)c3)CCOCC2)CN1. The third-order valence-corrected chi connectivity index (χ3v) is 4.71. The summed E-state index contributed by atoms with van der Waals surface area (Å²) in [5.41, 5.74) is 0.285. The molecular formula is C16H19ClN2O3. The van der Waals surface area contributed by atoms with E-state index < -0.39 is 5.41 Å². The topological polar surface area (TPSA) is 67.4 Å². The summed E-state index contributed by atoms with van der Waals surface area (Å²) in [4.78, 5) is 24.3. The van der Waals surface area contributed by atoms with Crippen molar-refractivity contribution in [1.29, 1.82) is 0 Å². The van der Waals surface area contributed by atoms with Gasteiger partial charge >= 0.3 is 0 Å². The summed E-state index contributed by atoms with van der Waals surface area (Å²) in [5.74, 6) is -0.0614. The zero-order valence-electron chi connectivity index (χ0n) is 12.2. The van der Waals surface area contributed by atoms with Crippen LogP contribution in [0.1, 0.15) is 24.8 Å². The van der Waals surface area contributed by atoms with Gasteiger partial charge < -0.3 is 15.4 Å². The molecule has 1 aromatic rings. The van der Waals surface area contributed by atoms with Gasteiger partial charge in [-0.1, -0.05) is 23.7 Å². The minimum absolute atomic E-state index is 0.0194. The van der Waals surface area contributed by atoms with E-state index >= 15 is 0 Å². The Labute approximate surface area is 134 Å². The quantitative estimate of drug-likeness (QED) is 0.884. The van der Waals surface area contributed by atoms with E-state index in [0.29, 0.717) is 44.0 Å². The number of nitrogens with one attached hydrogen (secondary N) is 2. The van der Waals surface area contributed by atoms with Gasteiger partial charge in [0.05, 0.1) is 11.5 Å². The highest BCUT2D eigenvalue weighted by atomic mass is 35.5. The number of hydrogen-bond donors (Lipinski definition) is 2. The molecule has 118 valence electrons. The average Bonchev–Trinajstić information content (AvgIpc) is 2.93. The molecule has 22 heavy (non-hydrogen) atoms. The zero-order chi connectivity index (χ0) is 15.6. The van der Waals surface area contributed by atoms with E-state index in [2.05, 4.69) is 10.6 Å². The Bertz CT molecular complexity index is 585. The van der Waals surface area contributed by atoms with Crippen molar-refractivity contribution >= 4 is 23.4 Å². The normalized spacial score (nSPS) is 23.9. The highest BCUT2D eigenvalue weighted by Crippen LogP contribution is 2.36. The van der Waals surface area contributed by atoms with Crippen LogP contribution in [0.3, 0.4) is 0 Å². The number of carbonyl (C=O) groups is 2. The third-order valence-electron chi connectivity index (χ3n) is 4.47. The molecule has 0 radical (unpaired) electrons. The lowest BCUT2D eigenvalue weighted by molar-refractivity contribution is -0.131. The van der Waals surface area contributed by atoms with Gasteiger partial charge in [-0.3, -0.25) is 9.59 Å². The highest BCUT2D eigenvalue weighted by Gasteiger charge is 2.43. The molecule has 2 aliphatic heterocycles. The van der Waals surface area contributed by atoms with Crippen molar-refractivity contribution in [1.82, 2.24) is 10.6 Å². The van der Waals surface area contributed by atoms with Gasteiger partial charge in [-0.05, 0) is 30.5 Å². The minimum atomic E-state index is -0.630. The van der Waals surface area contributed by atoms with E-state index in [1.807, 2.05) is 18.2 Å². The molecule has 0 bridgehead atoms. The van der Waals surface area contributed by atoms with Gasteiger partial charge in [-0.15, -0.1) is 0 Å². The molecule has 5 nitrogen and oxygen atoms in total. The molecule has 2 fully saturated rings. The second-order valence-corrected chi connectivity index (χ2v) is 6.32. The van der Waals surface area contributed by atoms with Crippen LogP contribution in [0.15, 0.2) is 24.3 Å². The van der Waals surface area contributed by atoms with Crippen LogP contribution in [0, 0.1) is 0 Å². The second-order valence-electron chi connectivity index (χ2n) is 5.88. The van der Waals surface area contributed by atoms with Gasteiger partial charge in [0.25, 0.3) is 0 Å².